The van der Waals surface area contributed by atoms with Crippen LogP contribution in [0.15, 0.2) is 54.5 Å². The first kappa shape index (κ1) is 20.3. The average Bonchev–Trinajstić information content (AvgIpc) is 2.88. The van der Waals surface area contributed by atoms with Crippen LogP contribution < -0.4 is 10.3 Å². The predicted octanol–water partition coefficient (Wildman–Crippen LogP) is 4.71. The summed E-state index contributed by atoms with van der Waals surface area (Å²) in [5, 5.41) is 0. The van der Waals surface area contributed by atoms with Gasteiger partial charge in [0.15, 0.2) is 0 Å². The maximum absolute atomic E-state index is 6.34. The predicted molar refractivity (Wildman–Crippen MR) is 125 cm³/mol. The monoisotopic (exact) mass is 387 g/mol. The fourth-order valence-electron chi connectivity index (χ4n) is 4.13. The van der Waals surface area contributed by atoms with Crippen LogP contribution in [0.2, 0.25) is 0 Å². The van der Waals surface area contributed by atoms with Crippen molar-refractivity contribution in [1.29, 1.82) is 0 Å². The molecule has 0 spiro atoms. The van der Waals surface area contributed by atoms with E-state index in [1.807, 2.05) is 0 Å². The Balaban J connectivity index is 1.70. The van der Waals surface area contributed by atoms with E-state index >= 15 is 0 Å². The highest BCUT2D eigenvalue weighted by Gasteiger charge is 2.52. The molecule has 0 N–H and O–H groups in total. The van der Waals surface area contributed by atoms with Crippen LogP contribution in [0.25, 0.3) is 6.08 Å². The molecule has 2 aromatic carbocycles. The number of hydrogen-bond acceptors (Lipinski definition) is 3. The van der Waals surface area contributed by atoms with E-state index in [1.165, 1.54) is 22.3 Å². The molecule has 0 saturated carbocycles. The molecule has 0 amide bonds. The number of nitrogens with zero attached hydrogens (tertiary/aromatic N) is 1. The lowest BCUT2D eigenvalue weighted by Crippen LogP contribution is -2.53. The summed E-state index contributed by atoms with van der Waals surface area (Å²) in [6.45, 7) is 13.1. The van der Waals surface area contributed by atoms with Gasteiger partial charge in [-0.25, -0.2) is 0 Å². The molecule has 0 aromatic heterocycles. The maximum Gasteiger partial charge on any atom is 0.477 e. The normalized spacial score (nSPS) is 19.8. The first-order valence-electron chi connectivity index (χ1n) is 10.7. The van der Waals surface area contributed by atoms with E-state index in [-0.39, 0.29) is 25.2 Å². The van der Waals surface area contributed by atoms with Crippen LogP contribution in [0, 0.1) is 0 Å². The molecule has 0 unspecified atom stereocenters. The Kier molecular flexibility index (Phi) is 5.16. The SMILES string of the molecule is CC(C)c1ccc2c(c1)C=CB(c1ccccc1)N2CB1OC(C)(C)C(C)(C)O1. The van der Waals surface area contributed by atoms with E-state index < -0.39 is 0 Å². The lowest BCUT2D eigenvalue weighted by molar-refractivity contribution is 0.00578. The summed E-state index contributed by atoms with van der Waals surface area (Å²) in [7, 11) is -0.268. The molecule has 2 aliphatic rings. The van der Waals surface area contributed by atoms with E-state index in [4.69, 9.17) is 9.31 Å². The molecular weight excluding hydrogens is 356 g/mol. The van der Waals surface area contributed by atoms with E-state index in [1.54, 1.807) is 0 Å². The van der Waals surface area contributed by atoms with Crippen molar-refractivity contribution in [2.75, 3.05) is 11.3 Å². The zero-order valence-electron chi connectivity index (χ0n) is 18.5. The van der Waals surface area contributed by atoms with Gasteiger partial charge in [0, 0.05) is 12.1 Å². The lowest BCUT2D eigenvalue weighted by atomic mass is 9.51. The van der Waals surface area contributed by atoms with Crippen LogP contribution in [0.3, 0.4) is 0 Å². The van der Waals surface area contributed by atoms with Gasteiger partial charge < -0.3 is 14.1 Å². The molecular formula is C24H31B2NO2. The topological polar surface area (TPSA) is 21.7 Å². The standard InChI is InChI=1S/C24H31B2NO2/c1-18(2)19-12-13-22-20(16-19)14-15-25(21-10-8-7-9-11-21)27(22)17-26-28-23(3,4)24(5,6)29-26/h7-16,18H,17H2,1-6H3. The highest BCUT2D eigenvalue weighted by atomic mass is 16.7. The minimum atomic E-state index is -0.324. The van der Waals surface area contributed by atoms with Crippen LogP contribution in [-0.2, 0) is 9.31 Å². The number of benzene rings is 2. The summed E-state index contributed by atoms with van der Waals surface area (Å²) in [6.07, 6.45) is 2.95. The summed E-state index contributed by atoms with van der Waals surface area (Å²) in [6, 6.07) is 17.5. The van der Waals surface area contributed by atoms with Crippen LogP contribution in [-0.4, -0.2) is 31.6 Å². The zero-order valence-corrected chi connectivity index (χ0v) is 18.5. The highest BCUT2D eigenvalue weighted by Crippen LogP contribution is 2.38. The third kappa shape index (κ3) is 3.78. The fraction of sp³-hybridized carbons (Fsp3) is 0.417. The summed E-state index contributed by atoms with van der Waals surface area (Å²) < 4.78 is 12.7. The van der Waals surface area contributed by atoms with Crippen molar-refractivity contribution in [2.24, 2.45) is 0 Å². The second kappa shape index (κ2) is 7.37. The quantitative estimate of drug-likeness (QED) is 0.710. The molecule has 1 fully saturated rings. The second-order valence-electron chi connectivity index (χ2n) is 9.53. The average molecular weight is 387 g/mol. The van der Waals surface area contributed by atoms with Gasteiger partial charge in [-0.3, -0.25) is 0 Å². The Morgan fingerprint density at radius 1 is 0.931 bits per heavy atom. The molecule has 0 bridgehead atoms. The Labute approximate surface area is 176 Å². The summed E-state index contributed by atoms with van der Waals surface area (Å²) in [5.41, 5.74) is 4.49. The minimum absolute atomic E-state index is 0.160. The summed E-state index contributed by atoms with van der Waals surface area (Å²) in [4.78, 5) is 2.43. The number of hydrogen-bond donors (Lipinski definition) is 0. The van der Waals surface area contributed by atoms with Gasteiger partial charge in [-0.2, -0.15) is 0 Å². The smallest absolute Gasteiger partial charge is 0.408 e. The van der Waals surface area contributed by atoms with Crippen LogP contribution in [0.4, 0.5) is 5.69 Å². The van der Waals surface area contributed by atoms with E-state index in [0.29, 0.717) is 12.4 Å². The molecule has 0 aliphatic carbocycles. The fourth-order valence-corrected chi connectivity index (χ4v) is 4.13. The molecule has 5 heteroatoms. The molecule has 1 saturated heterocycles. The van der Waals surface area contributed by atoms with Crippen LogP contribution >= 0.6 is 0 Å². The number of anilines is 1. The molecule has 0 atom stereocenters. The molecule has 2 aromatic rings. The van der Waals surface area contributed by atoms with Crippen molar-refractivity contribution in [1.82, 2.24) is 0 Å². The van der Waals surface area contributed by atoms with Gasteiger partial charge in [0.1, 0.15) is 0 Å². The van der Waals surface area contributed by atoms with Crippen molar-refractivity contribution < 1.29 is 9.31 Å². The van der Waals surface area contributed by atoms with Gasteiger partial charge in [0.25, 0.3) is 0 Å². The van der Waals surface area contributed by atoms with Crippen molar-refractivity contribution in [3.05, 3.63) is 65.6 Å². The van der Waals surface area contributed by atoms with Gasteiger partial charge in [0.05, 0.1) is 11.2 Å². The van der Waals surface area contributed by atoms with Crippen LogP contribution in [0.1, 0.15) is 58.6 Å². The zero-order chi connectivity index (χ0) is 20.8. The Morgan fingerprint density at radius 2 is 1.59 bits per heavy atom. The molecule has 2 heterocycles. The van der Waals surface area contributed by atoms with Crippen molar-refractivity contribution in [3.8, 4) is 0 Å². The largest absolute Gasteiger partial charge is 0.477 e. The molecule has 150 valence electrons. The first-order chi connectivity index (χ1) is 13.7. The minimum Gasteiger partial charge on any atom is -0.408 e. The summed E-state index contributed by atoms with van der Waals surface area (Å²) in [5.74, 6) is 2.81. The molecule has 3 nitrogen and oxygen atoms in total. The van der Waals surface area contributed by atoms with Crippen molar-refractivity contribution in [2.45, 2.75) is 58.7 Å². The maximum atomic E-state index is 6.34. The van der Waals surface area contributed by atoms with Crippen molar-refractivity contribution >= 4 is 31.2 Å². The first-order valence-corrected chi connectivity index (χ1v) is 10.7. The Hall–Kier alpha value is -1.97. The molecule has 0 radical (unpaired) electrons. The van der Waals surface area contributed by atoms with Crippen LogP contribution in [0.5, 0.6) is 0 Å². The van der Waals surface area contributed by atoms with E-state index in [0.717, 1.165) is 0 Å². The molecule has 4 rings (SSSR count). The lowest BCUT2D eigenvalue weighted by Gasteiger charge is -2.35. The second-order valence-corrected chi connectivity index (χ2v) is 9.53. The molecule has 2 aliphatic heterocycles. The van der Waals surface area contributed by atoms with Gasteiger partial charge in [-0.1, -0.05) is 67.8 Å². The summed E-state index contributed by atoms with van der Waals surface area (Å²) >= 11 is 0. The molecule has 29 heavy (non-hydrogen) atoms. The highest BCUT2D eigenvalue weighted by molar-refractivity contribution is 6.83. The third-order valence-corrected chi connectivity index (χ3v) is 6.61. The number of rotatable bonds is 4. The number of fused-ring (bicyclic) bond motifs is 1. The Bertz CT molecular complexity index is 892. The van der Waals surface area contributed by atoms with Gasteiger partial charge in [-0.15, -0.1) is 0 Å². The third-order valence-electron chi connectivity index (χ3n) is 6.61. The van der Waals surface area contributed by atoms with Gasteiger partial charge in [-0.05, 0) is 56.9 Å². The van der Waals surface area contributed by atoms with Gasteiger partial charge in [0.2, 0.25) is 0 Å². The van der Waals surface area contributed by atoms with E-state index in [9.17, 15) is 0 Å². The Morgan fingerprint density at radius 3 is 2.21 bits per heavy atom. The van der Waals surface area contributed by atoms with E-state index in [2.05, 4.69) is 107 Å². The van der Waals surface area contributed by atoms with Gasteiger partial charge >= 0.3 is 14.0 Å². The van der Waals surface area contributed by atoms with Crippen molar-refractivity contribution in [3.63, 3.8) is 0 Å².